The van der Waals surface area contributed by atoms with Gasteiger partial charge in [0.05, 0.1) is 17.1 Å². The Bertz CT molecular complexity index is 2400. The maximum absolute atomic E-state index is 10.3. The molecule has 0 unspecified atom stereocenters. The summed E-state index contributed by atoms with van der Waals surface area (Å²) in [4.78, 5) is 4.36. The number of benzene rings is 6. The first kappa shape index (κ1) is 36.3. The second kappa shape index (κ2) is 15.9. The fourth-order valence-electron chi connectivity index (χ4n) is 6.18. The average molecular weight is 732 g/mol. The largest absolute Gasteiger partial charge is 0.489 e. The quantitative estimate of drug-likeness (QED) is 0.0777. The van der Waals surface area contributed by atoms with E-state index in [2.05, 4.69) is 54.6 Å². The van der Waals surface area contributed by atoms with E-state index in [9.17, 15) is 10.0 Å². The molecule has 268 valence electrons. The molecule has 7 aromatic rings. The number of rotatable bonds is 11. The normalized spacial score (nSPS) is 11.1. The van der Waals surface area contributed by atoms with E-state index >= 15 is 0 Å². The van der Waals surface area contributed by atoms with Gasteiger partial charge in [-0.1, -0.05) is 129 Å². The Kier molecular flexibility index (Phi) is 10.7. The predicted molar refractivity (Wildman–Crippen MR) is 221 cm³/mol. The molecule has 0 amide bonds. The number of hydrogen-bond donors (Lipinski definition) is 4. The predicted octanol–water partition coefficient (Wildman–Crippen LogP) is 11.1. The zero-order chi connectivity index (χ0) is 37.7. The average Bonchev–Trinajstić information content (AvgIpc) is 3.16. The van der Waals surface area contributed by atoms with Crippen LogP contribution in [-0.2, 0) is 5.41 Å². The molecule has 0 saturated carbocycles. The Hall–Kier alpha value is -6.06. The first-order valence-electron chi connectivity index (χ1n) is 17.6. The van der Waals surface area contributed by atoms with Crippen LogP contribution in [0.5, 0.6) is 23.1 Å². The second-order valence-corrected chi connectivity index (χ2v) is 14.2. The molecule has 0 fully saturated rings. The molecule has 0 radical (unpaired) electrons. The Morgan fingerprint density at radius 1 is 0.574 bits per heavy atom. The number of nitrogens with zero attached hydrogens (tertiary/aromatic N) is 1. The van der Waals surface area contributed by atoms with Crippen LogP contribution in [0.2, 0.25) is 5.15 Å². The molecule has 54 heavy (non-hydrogen) atoms. The molecule has 1 heterocycles. The van der Waals surface area contributed by atoms with Crippen LogP contribution in [-0.4, -0.2) is 22.2 Å². The minimum atomic E-state index is -1.63. The number of nitrogens with one attached hydrogen (secondary N) is 2. The number of anilines is 4. The number of halogens is 1. The maximum Gasteiger partial charge on any atom is 0.489 e. The summed E-state index contributed by atoms with van der Waals surface area (Å²) in [6.45, 7) is 6.34. The van der Waals surface area contributed by atoms with Crippen LogP contribution < -0.4 is 25.6 Å². The highest BCUT2D eigenvalue weighted by Crippen LogP contribution is 2.41. The molecule has 0 aliphatic rings. The van der Waals surface area contributed by atoms with Crippen molar-refractivity contribution in [1.29, 1.82) is 0 Å². The highest BCUT2D eigenvalue weighted by Gasteiger charge is 2.21. The van der Waals surface area contributed by atoms with Gasteiger partial charge in [0.25, 0.3) is 0 Å². The topological polar surface area (TPSA) is 95.9 Å². The summed E-state index contributed by atoms with van der Waals surface area (Å²) in [6.07, 6.45) is 0. The molecule has 0 spiro atoms. The van der Waals surface area contributed by atoms with Crippen molar-refractivity contribution in [2.45, 2.75) is 26.2 Å². The standard InChI is InChI=1S/C45H39BClN3O4/c1-45(2,3)31-26-42(47)50-43(27-31)54-35-19-12-18-34(29-35)53-33-17-11-16-32(28-33)48-40-24-9-10-25-41(40)49-44-36(30-14-5-4-6-15-30)21-13-22-38(44)37-20-7-8-23-39(37)46(51)52/h4-29,48-49,51-52H,1-3H3. The summed E-state index contributed by atoms with van der Waals surface area (Å²) < 4.78 is 12.4. The van der Waals surface area contributed by atoms with E-state index in [1.165, 1.54) is 0 Å². The zero-order valence-corrected chi connectivity index (χ0v) is 30.9. The van der Waals surface area contributed by atoms with Crippen molar-refractivity contribution in [1.82, 2.24) is 4.98 Å². The van der Waals surface area contributed by atoms with Gasteiger partial charge < -0.3 is 30.2 Å². The second-order valence-electron chi connectivity index (χ2n) is 13.8. The summed E-state index contributed by atoms with van der Waals surface area (Å²) in [5.41, 5.74) is 8.17. The van der Waals surface area contributed by atoms with Crippen LogP contribution in [0, 0.1) is 0 Å². The molecule has 0 saturated heterocycles. The molecule has 7 nitrogen and oxygen atoms in total. The van der Waals surface area contributed by atoms with E-state index in [-0.39, 0.29) is 5.41 Å². The molecule has 6 aromatic carbocycles. The van der Waals surface area contributed by atoms with E-state index in [1.807, 2.05) is 127 Å². The lowest BCUT2D eigenvalue weighted by atomic mass is 9.75. The van der Waals surface area contributed by atoms with Crippen molar-refractivity contribution in [3.8, 4) is 45.4 Å². The first-order chi connectivity index (χ1) is 26.1. The van der Waals surface area contributed by atoms with E-state index < -0.39 is 7.12 Å². The Morgan fingerprint density at radius 2 is 1.17 bits per heavy atom. The lowest BCUT2D eigenvalue weighted by molar-refractivity contribution is 0.426. The minimum absolute atomic E-state index is 0.113. The van der Waals surface area contributed by atoms with Gasteiger partial charge in [0.1, 0.15) is 22.4 Å². The highest BCUT2D eigenvalue weighted by molar-refractivity contribution is 6.60. The lowest BCUT2D eigenvalue weighted by Crippen LogP contribution is -2.31. The lowest BCUT2D eigenvalue weighted by Gasteiger charge is -2.21. The van der Waals surface area contributed by atoms with Crippen molar-refractivity contribution in [3.05, 3.63) is 168 Å². The molecule has 7 rings (SSSR count). The monoisotopic (exact) mass is 731 g/mol. The number of aromatic nitrogens is 1. The highest BCUT2D eigenvalue weighted by atomic mass is 35.5. The van der Waals surface area contributed by atoms with Gasteiger partial charge in [-0.25, -0.2) is 4.98 Å². The van der Waals surface area contributed by atoms with Crippen LogP contribution in [0.25, 0.3) is 22.3 Å². The first-order valence-corrected chi connectivity index (χ1v) is 18.0. The van der Waals surface area contributed by atoms with E-state index in [1.54, 1.807) is 12.1 Å². The molecule has 4 N–H and O–H groups in total. The van der Waals surface area contributed by atoms with Gasteiger partial charge in [-0.15, -0.1) is 0 Å². The number of para-hydroxylation sites is 3. The van der Waals surface area contributed by atoms with Crippen molar-refractivity contribution in [3.63, 3.8) is 0 Å². The van der Waals surface area contributed by atoms with Gasteiger partial charge in [0.2, 0.25) is 5.88 Å². The molecule has 0 aliphatic heterocycles. The van der Waals surface area contributed by atoms with Crippen molar-refractivity contribution in [2.24, 2.45) is 0 Å². The van der Waals surface area contributed by atoms with Crippen molar-refractivity contribution in [2.75, 3.05) is 10.6 Å². The van der Waals surface area contributed by atoms with Crippen LogP contribution >= 0.6 is 11.6 Å². The smallest absolute Gasteiger partial charge is 0.457 e. The number of hydrogen-bond acceptors (Lipinski definition) is 7. The zero-order valence-electron chi connectivity index (χ0n) is 30.1. The van der Waals surface area contributed by atoms with Crippen molar-refractivity contribution >= 4 is 46.9 Å². The molecule has 9 heteroatoms. The molecular formula is C45H39BClN3O4. The third-order valence-electron chi connectivity index (χ3n) is 8.88. The minimum Gasteiger partial charge on any atom is -0.457 e. The van der Waals surface area contributed by atoms with Crippen LogP contribution in [0.3, 0.4) is 0 Å². The number of ether oxygens (including phenoxy) is 2. The fourth-order valence-corrected chi connectivity index (χ4v) is 6.38. The Labute approximate surface area is 321 Å². The summed E-state index contributed by atoms with van der Waals surface area (Å²) in [5.74, 6) is 2.22. The summed E-state index contributed by atoms with van der Waals surface area (Å²) >= 11 is 6.32. The van der Waals surface area contributed by atoms with E-state index in [4.69, 9.17) is 21.1 Å². The molecule has 1 aromatic heterocycles. The molecule has 0 atom stereocenters. The van der Waals surface area contributed by atoms with Gasteiger partial charge in [0, 0.05) is 35.0 Å². The molecule has 0 aliphatic carbocycles. The fraction of sp³-hybridized carbons (Fsp3) is 0.0889. The third kappa shape index (κ3) is 8.59. The van der Waals surface area contributed by atoms with E-state index in [0.29, 0.717) is 33.7 Å². The number of pyridine rings is 1. The van der Waals surface area contributed by atoms with E-state index in [0.717, 1.165) is 50.6 Å². The summed E-state index contributed by atoms with van der Waals surface area (Å²) in [7, 11) is -1.63. The SMILES string of the molecule is CC(C)(C)c1cc(Cl)nc(Oc2cccc(Oc3cccc(Nc4ccccc4Nc4c(-c5ccccc5)cccc4-c4ccccc4B(O)O)c3)c2)c1. The Balaban J connectivity index is 1.16. The van der Waals surface area contributed by atoms with Crippen LogP contribution in [0.1, 0.15) is 26.3 Å². The third-order valence-corrected chi connectivity index (χ3v) is 9.07. The molecular weight excluding hydrogens is 693 g/mol. The van der Waals surface area contributed by atoms with Crippen LogP contribution in [0.15, 0.2) is 158 Å². The van der Waals surface area contributed by atoms with Gasteiger partial charge in [0.15, 0.2) is 0 Å². The Morgan fingerprint density at radius 3 is 1.91 bits per heavy atom. The van der Waals surface area contributed by atoms with Gasteiger partial charge in [-0.2, -0.15) is 0 Å². The van der Waals surface area contributed by atoms with Gasteiger partial charge in [-0.3, -0.25) is 0 Å². The van der Waals surface area contributed by atoms with Gasteiger partial charge >= 0.3 is 7.12 Å². The van der Waals surface area contributed by atoms with Crippen LogP contribution in [0.4, 0.5) is 22.7 Å². The summed E-state index contributed by atoms with van der Waals surface area (Å²) in [5, 5.41) is 28.2. The van der Waals surface area contributed by atoms with Crippen molar-refractivity contribution < 1.29 is 19.5 Å². The maximum atomic E-state index is 10.3. The molecule has 0 bridgehead atoms. The summed E-state index contributed by atoms with van der Waals surface area (Å²) in [6, 6.07) is 50.3. The van der Waals surface area contributed by atoms with Gasteiger partial charge in [-0.05, 0) is 70.0 Å².